The van der Waals surface area contributed by atoms with Crippen LogP contribution < -0.4 is 0 Å². The van der Waals surface area contributed by atoms with Gasteiger partial charge in [-0.2, -0.15) is 5.10 Å². The van der Waals surface area contributed by atoms with Gasteiger partial charge in [-0.15, -0.1) is 0 Å². The third-order valence-electron chi connectivity index (χ3n) is 3.39. The highest BCUT2D eigenvalue weighted by atomic mass is 79.9. The van der Waals surface area contributed by atoms with E-state index in [1.807, 2.05) is 18.2 Å². The number of hydrogen-bond donors (Lipinski definition) is 0. The van der Waals surface area contributed by atoms with Crippen LogP contribution in [0.1, 0.15) is 17.4 Å². The van der Waals surface area contributed by atoms with Crippen LogP contribution in [0.25, 0.3) is 10.9 Å². The number of esters is 1. The second-order valence-electron chi connectivity index (χ2n) is 6.58. The molecule has 5 nitrogen and oxygen atoms in total. The van der Waals surface area contributed by atoms with Crippen molar-refractivity contribution in [3.63, 3.8) is 0 Å². The molecule has 0 fully saturated rings. The molecule has 2 rings (SSSR count). The van der Waals surface area contributed by atoms with E-state index < -0.39 is 14.0 Å². The lowest BCUT2D eigenvalue weighted by Gasteiger charge is -2.15. The highest BCUT2D eigenvalue weighted by Crippen LogP contribution is 2.24. The van der Waals surface area contributed by atoms with Crippen LogP contribution >= 0.6 is 15.9 Å². The number of nitrogens with zero attached hydrogens (tertiary/aromatic N) is 2. The second-order valence-corrected chi connectivity index (χ2v) is 13.1. The Hall–Kier alpha value is -1.18. The molecule has 0 spiro atoms. The summed E-state index contributed by atoms with van der Waals surface area (Å²) in [5, 5.41) is 5.17. The molecule has 0 saturated carbocycles. The van der Waals surface area contributed by atoms with Crippen LogP contribution in [-0.4, -0.2) is 37.0 Å². The monoisotopic (exact) mass is 398 g/mol. The number of rotatable bonds is 7. The van der Waals surface area contributed by atoms with Gasteiger partial charge in [-0.1, -0.05) is 35.6 Å². The summed E-state index contributed by atoms with van der Waals surface area (Å²) in [7, 11) is -1.12. The fraction of sp³-hybridized carbons (Fsp3) is 0.500. The summed E-state index contributed by atoms with van der Waals surface area (Å²) < 4.78 is 13.5. The number of ether oxygens (including phenoxy) is 2. The van der Waals surface area contributed by atoms with Crippen molar-refractivity contribution < 1.29 is 14.3 Å². The van der Waals surface area contributed by atoms with Crippen LogP contribution in [0.3, 0.4) is 0 Å². The number of carbonyl (C=O) groups excluding carboxylic acids is 1. The number of fused-ring (bicyclic) bond motifs is 1. The predicted molar refractivity (Wildman–Crippen MR) is 97.5 cm³/mol. The average molecular weight is 399 g/mol. The van der Waals surface area contributed by atoms with Gasteiger partial charge in [0.15, 0.2) is 5.69 Å². The van der Waals surface area contributed by atoms with Gasteiger partial charge in [0, 0.05) is 24.5 Å². The van der Waals surface area contributed by atoms with Crippen molar-refractivity contribution in [3.8, 4) is 0 Å². The SMILES string of the molecule is CCOC(=O)c1nn(COCC[Si](C)(C)C)c2cc(Br)ccc12. The molecular weight excluding hydrogens is 376 g/mol. The van der Waals surface area contributed by atoms with E-state index >= 15 is 0 Å². The first-order valence-electron chi connectivity index (χ1n) is 7.73. The maximum Gasteiger partial charge on any atom is 0.359 e. The summed E-state index contributed by atoms with van der Waals surface area (Å²) in [6.07, 6.45) is 0. The van der Waals surface area contributed by atoms with Crippen molar-refractivity contribution in [3.05, 3.63) is 28.4 Å². The molecule has 0 bridgehead atoms. The third-order valence-corrected chi connectivity index (χ3v) is 5.59. The van der Waals surface area contributed by atoms with E-state index in [-0.39, 0.29) is 0 Å². The van der Waals surface area contributed by atoms with Gasteiger partial charge in [-0.25, -0.2) is 9.48 Å². The van der Waals surface area contributed by atoms with Gasteiger partial charge in [0.25, 0.3) is 0 Å². The Bertz CT molecular complexity index is 694. The molecule has 0 aliphatic carbocycles. The van der Waals surface area contributed by atoms with Gasteiger partial charge >= 0.3 is 5.97 Å². The maximum absolute atomic E-state index is 12.1. The van der Waals surface area contributed by atoms with Crippen molar-refractivity contribution in [2.75, 3.05) is 13.2 Å². The van der Waals surface area contributed by atoms with E-state index in [0.29, 0.717) is 25.6 Å². The van der Waals surface area contributed by atoms with Gasteiger partial charge in [-0.3, -0.25) is 0 Å². The molecule has 0 aliphatic rings. The highest BCUT2D eigenvalue weighted by molar-refractivity contribution is 9.10. The zero-order valence-corrected chi connectivity index (χ0v) is 16.6. The molecule has 1 heterocycles. The summed E-state index contributed by atoms with van der Waals surface area (Å²) in [6.45, 7) is 10.1. The van der Waals surface area contributed by atoms with Crippen molar-refractivity contribution in [2.45, 2.75) is 39.3 Å². The minimum absolute atomic E-state index is 0.330. The van der Waals surface area contributed by atoms with Gasteiger partial charge in [0.2, 0.25) is 0 Å². The molecule has 126 valence electrons. The van der Waals surface area contributed by atoms with Gasteiger partial charge < -0.3 is 9.47 Å². The molecular formula is C16H23BrN2O3Si. The summed E-state index contributed by atoms with van der Waals surface area (Å²) in [5.41, 5.74) is 1.19. The van der Waals surface area contributed by atoms with E-state index in [1.165, 1.54) is 0 Å². The normalized spacial score (nSPS) is 11.9. The number of hydrogen-bond acceptors (Lipinski definition) is 4. The molecule has 1 aromatic heterocycles. The van der Waals surface area contributed by atoms with E-state index in [1.54, 1.807) is 11.6 Å². The Morgan fingerprint density at radius 1 is 1.35 bits per heavy atom. The topological polar surface area (TPSA) is 53.3 Å². The molecule has 0 atom stereocenters. The van der Waals surface area contributed by atoms with Crippen LogP contribution in [0.5, 0.6) is 0 Å². The van der Waals surface area contributed by atoms with Gasteiger partial charge in [0.05, 0.1) is 12.1 Å². The maximum atomic E-state index is 12.1. The van der Waals surface area contributed by atoms with Crippen LogP contribution in [0.15, 0.2) is 22.7 Å². The minimum atomic E-state index is -1.12. The summed E-state index contributed by atoms with van der Waals surface area (Å²) in [5.74, 6) is -0.402. The zero-order valence-electron chi connectivity index (χ0n) is 14.1. The predicted octanol–water partition coefficient (Wildman–Crippen LogP) is 4.29. The third kappa shape index (κ3) is 4.89. The molecule has 1 aromatic carbocycles. The first-order valence-corrected chi connectivity index (χ1v) is 12.2. The van der Waals surface area contributed by atoms with E-state index in [2.05, 4.69) is 40.7 Å². The van der Waals surface area contributed by atoms with Crippen LogP contribution in [0, 0.1) is 0 Å². The fourth-order valence-corrected chi connectivity index (χ4v) is 3.23. The Labute approximate surface area is 146 Å². The number of carbonyl (C=O) groups is 1. The summed E-state index contributed by atoms with van der Waals surface area (Å²) in [6, 6.07) is 6.80. The largest absolute Gasteiger partial charge is 0.461 e. The summed E-state index contributed by atoms with van der Waals surface area (Å²) >= 11 is 3.46. The molecule has 2 aromatic rings. The average Bonchev–Trinajstić information content (AvgIpc) is 2.81. The number of aromatic nitrogens is 2. The van der Waals surface area contributed by atoms with Crippen molar-refractivity contribution in [1.82, 2.24) is 9.78 Å². The smallest absolute Gasteiger partial charge is 0.359 e. The molecule has 0 saturated heterocycles. The molecule has 7 heteroatoms. The van der Waals surface area contributed by atoms with E-state index in [4.69, 9.17) is 9.47 Å². The Morgan fingerprint density at radius 2 is 2.09 bits per heavy atom. The second kappa shape index (κ2) is 7.59. The van der Waals surface area contributed by atoms with E-state index in [0.717, 1.165) is 21.4 Å². The molecule has 0 radical (unpaired) electrons. The van der Waals surface area contributed by atoms with Crippen molar-refractivity contribution in [1.29, 1.82) is 0 Å². The lowest BCUT2D eigenvalue weighted by Crippen LogP contribution is -2.22. The number of halogens is 1. The Morgan fingerprint density at radius 3 is 2.74 bits per heavy atom. The van der Waals surface area contributed by atoms with Gasteiger partial charge in [0.1, 0.15) is 6.73 Å². The first kappa shape index (κ1) is 18.2. The molecule has 23 heavy (non-hydrogen) atoms. The Balaban J connectivity index is 2.21. The molecule has 0 aliphatic heterocycles. The minimum Gasteiger partial charge on any atom is -0.461 e. The van der Waals surface area contributed by atoms with Crippen LogP contribution in [-0.2, 0) is 16.2 Å². The quantitative estimate of drug-likeness (QED) is 0.396. The Kier molecular flexibility index (Phi) is 5.99. The summed E-state index contributed by atoms with van der Waals surface area (Å²) in [4.78, 5) is 12.1. The van der Waals surface area contributed by atoms with Crippen molar-refractivity contribution >= 4 is 40.9 Å². The molecule has 0 N–H and O–H groups in total. The van der Waals surface area contributed by atoms with Crippen molar-refractivity contribution in [2.24, 2.45) is 0 Å². The van der Waals surface area contributed by atoms with Crippen LogP contribution in [0.4, 0.5) is 0 Å². The lowest BCUT2D eigenvalue weighted by molar-refractivity contribution is 0.0513. The van der Waals surface area contributed by atoms with Crippen LogP contribution in [0.2, 0.25) is 25.7 Å². The first-order chi connectivity index (χ1) is 10.8. The zero-order chi connectivity index (χ0) is 17.0. The fourth-order valence-electron chi connectivity index (χ4n) is 2.13. The standard InChI is InChI=1S/C16H23BrN2O3Si/c1-5-22-16(20)15-13-7-6-12(17)10-14(13)19(18-15)11-21-8-9-23(2,3)4/h6-7,10H,5,8-9,11H2,1-4H3. The lowest BCUT2D eigenvalue weighted by atomic mass is 10.2. The highest BCUT2D eigenvalue weighted by Gasteiger charge is 2.19. The van der Waals surface area contributed by atoms with E-state index in [9.17, 15) is 4.79 Å². The molecule has 0 unspecified atom stereocenters. The van der Waals surface area contributed by atoms with Gasteiger partial charge in [-0.05, 0) is 31.2 Å². The molecule has 0 amide bonds. The number of benzene rings is 1.